The molecule has 2 nitrogen and oxygen atoms in total. The molecule has 0 saturated carbocycles. The topological polar surface area (TPSA) is 38.0 Å². The Bertz CT molecular complexity index is 300. The number of hydrogen-bond acceptors (Lipinski definition) is 2. The number of hydrogen-bond donors (Lipinski definition) is 2. The molecule has 1 aromatic carbocycles. The van der Waals surface area contributed by atoms with Gasteiger partial charge in [0, 0.05) is 11.4 Å². The minimum Gasteiger partial charge on any atom is -0.270 e. The highest BCUT2D eigenvalue weighted by Crippen LogP contribution is 2.10. The van der Waals surface area contributed by atoms with Crippen LogP contribution in [0.15, 0.2) is 24.3 Å². The number of hydrazine groups is 1. The van der Waals surface area contributed by atoms with Gasteiger partial charge in [0.1, 0.15) is 0 Å². The predicted molar refractivity (Wildman–Crippen MR) is 55.1 cm³/mol. The van der Waals surface area contributed by atoms with E-state index >= 15 is 0 Å². The molecule has 0 amide bonds. The van der Waals surface area contributed by atoms with Crippen LogP contribution < -0.4 is 11.3 Å². The fourth-order valence-corrected chi connectivity index (χ4v) is 1.15. The van der Waals surface area contributed by atoms with Crippen LogP contribution in [-0.4, -0.2) is 6.04 Å². The Morgan fingerprint density at radius 2 is 2.08 bits per heavy atom. The van der Waals surface area contributed by atoms with Crippen molar-refractivity contribution in [2.75, 3.05) is 0 Å². The summed E-state index contributed by atoms with van der Waals surface area (Å²) < 4.78 is 0. The maximum Gasteiger partial charge on any atom is 0.0855 e. The Balaban J connectivity index is 2.64. The van der Waals surface area contributed by atoms with Crippen molar-refractivity contribution in [3.8, 4) is 12.3 Å². The van der Waals surface area contributed by atoms with Crippen molar-refractivity contribution >= 4 is 11.6 Å². The molecule has 0 aromatic heterocycles. The van der Waals surface area contributed by atoms with E-state index in [0.29, 0.717) is 6.42 Å². The van der Waals surface area contributed by atoms with E-state index in [1.54, 1.807) is 0 Å². The van der Waals surface area contributed by atoms with Crippen LogP contribution in [0.25, 0.3) is 0 Å². The van der Waals surface area contributed by atoms with Crippen LogP contribution in [0.3, 0.4) is 0 Å². The summed E-state index contributed by atoms with van der Waals surface area (Å²) >= 11 is 5.74. The second kappa shape index (κ2) is 4.88. The van der Waals surface area contributed by atoms with E-state index in [9.17, 15) is 0 Å². The summed E-state index contributed by atoms with van der Waals surface area (Å²) in [5.41, 5.74) is 3.66. The molecule has 0 aliphatic heterocycles. The van der Waals surface area contributed by atoms with Crippen molar-refractivity contribution in [2.45, 2.75) is 12.5 Å². The normalized spacial score (nSPS) is 12.1. The van der Waals surface area contributed by atoms with Crippen LogP contribution in [-0.2, 0) is 6.42 Å². The van der Waals surface area contributed by atoms with E-state index < -0.39 is 0 Å². The van der Waals surface area contributed by atoms with Crippen molar-refractivity contribution in [2.24, 2.45) is 5.84 Å². The molecular weight excluding hydrogens is 184 g/mol. The monoisotopic (exact) mass is 194 g/mol. The van der Waals surface area contributed by atoms with Crippen LogP contribution in [0.4, 0.5) is 0 Å². The molecule has 0 saturated heterocycles. The van der Waals surface area contributed by atoms with Crippen molar-refractivity contribution in [1.82, 2.24) is 5.43 Å². The first-order valence-corrected chi connectivity index (χ1v) is 4.30. The van der Waals surface area contributed by atoms with Gasteiger partial charge in [-0.05, 0) is 17.7 Å². The molecule has 68 valence electrons. The summed E-state index contributed by atoms with van der Waals surface area (Å²) in [7, 11) is 0. The Kier molecular flexibility index (Phi) is 3.78. The zero-order valence-electron chi connectivity index (χ0n) is 7.13. The van der Waals surface area contributed by atoms with Crippen molar-refractivity contribution in [1.29, 1.82) is 0 Å². The zero-order valence-corrected chi connectivity index (χ0v) is 7.88. The second-order valence-electron chi connectivity index (χ2n) is 2.72. The summed E-state index contributed by atoms with van der Waals surface area (Å²) in [6.07, 6.45) is 5.95. The van der Waals surface area contributed by atoms with Gasteiger partial charge in [-0.1, -0.05) is 29.7 Å². The fourth-order valence-electron chi connectivity index (χ4n) is 1.02. The highest BCUT2D eigenvalue weighted by Gasteiger charge is 2.02. The molecule has 0 fully saturated rings. The zero-order chi connectivity index (χ0) is 9.68. The van der Waals surface area contributed by atoms with Gasteiger partial charge in [-0.2, -0.15) is 0 Å². The molecule has 0 spiro atoms. The van der Waals surface area contributed by atoms with Crippen molar-refractivity contribution < 1.29 is 0 Å². The second-order valence-corrected chi connectivity index (χ2v) is 3.15. The summed E-state index contributed by atoms with van der Waals surface area (Å²) in [5, 5.41) is 0.724. The third kappa shape index (κ3) is 3.08. The predicted octanol–water partition coefficient (Wildman–Crippen LogP) is 1.35. The molecule has 1 rings (SSSR count). The number of benzene rings is 1. The van der Waals surface area contributed by atoms with E-state index in [4.69, 9.17) is 23.9 Å². The quantitative estimate of drug-likeness (QED) is 0.433. The van der Waals surface area contributed by atoms with Gasteiger partial charge in [0.15, 0.2) is 0 Å². The summed E-state index contributed by atoms with van der Waals surface area (Å²) in [4.78, 5) is 0. The number of nitrogens with one attached hydrogen (secondary N) is 1. The third-order valence-corrected chi connectivity index (χ3v) is 2.01. The molecule has 13 heavy (non-hydrogen) atoms. The third-order valence-electron chi connectivity index (χ3n) is 1.76. The average Bonchev–Trinajstić information content (AvgIpc) is 2.17. The lowest BCUT2D eigenvalue weighted by Gasteiger charge is -2.08. The highest BCUT2D eigenvalue weighted by molar-refractivity contribution is 6.30. The van der Waals surface area contributed by atoms with Crippen LogP contribution in [0.1, 0.15) is 5.56 Å². The molecule has 1 aromatic rings. The van der Waals surface area contributed by atoms with E-state index in [2.05, 4.69) is 11.3 Å². The van der Waals surface area contributed by atoms with E-state index in [0.717, 1.165) is 10.6 Å². The van der Waals surface area contributed by atoms with Crippen molar-refractivity contribution in [3.05, 3.63) is 34.9 Å². The molecule has 0 aliphatic rings. The lowest BCUT2D eigenvalue weighted by Crippen LogP contribution is -2.35. The van der Waals surface area contributed by atoms with Gasteiger partial charge >= 0.3 is 0 Å². The van der Waals surface area contributed by atoms with E-state index in [1.807, 2.05) is 24.3 Å². The first-order valence-electron chi connectivity index (χ1n) is 3.93. The molecule has 3 N–H and O–H groups in total. The standard InChI is InChI=1S/C10H11ClN2/c1-2-10(13-12)7-8-3-5-9(11)6-4-8/h1,3-6,10,13H,7,12H2. The smallest absolute Gasteiger partial charge is 0.0855 e. The van der Waals surface area contributed by atoms with Crippen LogP contribution in [0.5, 0.6) is 0 Å². The van der Waals surface area contributed by atoms with Gasteiger partial charge in [-0.25, -0.2) is 5.43 Å². The SMILES string of the molecule is C#CC(Cc1ccc(Cl)cc1)NN. The largest absolute Gasteiger partial charge is 0.270 e. The minimum absolute atomic E-state index is 0.124. The van der Waals surface area contributed by atoms with Gasteiger partial charge in [0.2, 0.25) is 0 Å². The molecule has 0 bridgehead atoms. The first kappa shape index (κ1) is 10.1. The molecule has 1 atom stereocenters. The van der Waals surface area contributed by atoms with Gasteiger partial charge in [-0.3, -0.25) is 5.84 Å². The first-order chi connectivity index (χ1) is 6.26. The number of halogens is 1. The Morgan fingerprint density at radius 3 is 2.54 bits per heavy atom. The lowest BCUT2D eigenvalue weighted by molar-refractivity contribution is 0.634. The molecule has 0 heterocycles. The number of terminal acetylenes is 1. The summed E-state index contributed by atoms with van der Waals surface area (Å²) in [6, 6.07) is 7.41. The van der Waals surface area contributed by atoms with E-state index in [-0.39, 0.29) is 6.04 Å². The van der Waals surface area contributed by atoms with Gasteiger partial charge < -0.3 is 0 Å². The highest BCUT2D eigenvalue weighted by atomic mass is 35.5. The Morgan fingerprint density at radius 1 is 1.46 bits per heavy atom. The van der Waals surface area contributed by atoms with Crippen molar-refractivity contribution in [3.63, 3.8) is 0 Å². The maximum atomic E-state index is 5.74. The Labute approximate surface area is 83.1 Å². The van der Waals surface area contributed by atoms with Gasteiger partial charge in [-0.15, -0.1) is 6.42 Å². The summed E-state index contributed by atoms with van der Waals surface area (Å²) in [5.74, 6) is 7.79. The molecule has 1 unspecified atom stereocenters. The molecule has 0 radical (unpaired) electrons. The summed E-state index contributed by atoms with van der Waals surface area (Å²) in [6.45, 7) is 0. The van der Waals surface area contributed by atoms with Crippen LogP contribution in [0, 0.1) is 12.3 Å². The molecule has 3 heteroatoms. The number of nitrogens with two attached hydrogens (primary N) is 1. The lowest BCUT2D eigenvalue weighted by atomic mass is 10.1. The van der Waals surface area contributed by atoms with Crippen LogP contribution >= 0.6 is 11.6 Å². The molecule has 0 aliphatic carbocycles. The fraction of sp³-hybridized carbons (Fsp3) is 0.200. The van der Waals surface area contributed by atoms with E-state index in [1.165, 1.54) is 0 Å². The molecular formula is C10H11ClN2. The average molecular weight is 195 g/mol. The van der Waals surface area contributed by atoms with Crippen LogP contribution in [0.2, 0.25) is 5.02 Å². The minimum atomic E-state index is -0.124. The number of rotatable bonds is 3. The maximum absolute atomic E-state index is 5.74. The van der Waals surface area contributed by atoms with Gasteiger partial charge in [0.05, 0.1) is 6.04 Å². The van der Waals surface area contributed by atoms with Gasteiger partial charge in [0.25, 0.3) is 0 Å². The Hall–Kier alpha value is -1.01.